The summed E-state index contributed by atoms with van der Waals surface area (Å²) in [4.78, 5) is 14.5. The molecule has 4 rings (SSSR count). The van der Waals surface area contributed by atoms with E-state index in [1.54, 1.807) is 12.1 Å². The number of benzene rings is 2. The number of aliphatic carboxylic acids is 1. The Morgan fingerprint density at radius 3 is 2.59 bits per heavy atom. The lowest BCUT2D eigenvalue weighted by atomic mass is 9.99. The Balaban J connectivity index is 2.07. The molecule has 2 N–H and O–H groups in total. The maximum atomic E-state index is 13.5. The molecule has 2 aromatic carbocycles. The summed E-state index contributed by atoms with van der Waals surface area (Å²) in [6.45, 7) is 4.20. The van der Waals surface area contributed by atoms with E-state index in [0.29, 0.717) is 6.42 Å². The minimum absolute atomic E-state index is 0.0744. The van der Waals surface area contributed by atoms with Crippen molar-refractivity contribution in [3.8, 4) is 5.69 Å². The smallest absolute Gasteiger partial charge is 0.303 e. The van der Waals surface area contributed by atoms with Crippen molar-refractivity contribution >= 4 is 27.8 Å². The third-order valence-corrected chi connectivity index (χ3v) is 5.01. The molecule has 0 atom stereocenters. The van der Waals surface area contributed by atoms with Gasteiger partial charge in [0.15, 0.2) is 0 Å². The molecule has 0 radical (unpaired) electrons. The predicted molar refractivity (Wildman–Crippen MR) is 105 cm³/mol. The van der Waals surface area contributed by atoms with Gasteiger partial charge < -0.3 is 14.7 Å². The Kier molecular flexibility index (Phi) is 4.22. The normalized spacial score (nSPS) is 11.7. The number of nitrogens with zero attached hydrogens (tertiary/aromatic N) is 1. The number of carboxylic acid groups (broad SMARTS) is 1. The van der Waals surface area contributed by atoms with Crippen LogP contribution in [0.5, 0.6) is 0 Å². The Morgan fingerprint density at radius 1 is 1.19 bits per heavy atom. The van der Waals surface area contributed by atoms with E-state index in [1.807, 2.05) is 12.3 Å². The fraction of sp³-hybridized carbons (Fsp3) is 0.227. The number of H-pyrrole nitrogens is 1. The van der Waals surface area contributed by atoms with Crippen LogP contribution in [0.3, 0.4) is 0 Å². The van der Waals surface area contributed by atoms with Gasteiger partial charge in [0.25, 0.3) is 0 Å². The fourth-order valence-electron chi connectivity index (χ4n) is 3.89. The van der Waals surface area contributed by atoms with Crippen LogP contribution in [0.25, 0.3) is 27.5 Å². The Morgan fingerprint density at radius 2 is 1.93 bits per heavy atom. The fourth-order valence-corrected chi connectivity index (χ4v) is 3.89. The summed E-state index contributed by atoms with van der Waals surface area (Å²) in [5.74, 6) is -0.904. The molecule has 0 saturated carbocycles. The van der Waals surface area contributed by atoms with Crippen molar-refractivity contribution in [3.63, 3.8) is 0 Å². The highest BCUT2D eigenvalue weighted by Gasteiger charge is 2.22. The lowest BCUT2D eigenvalue weighted by Crippen LogP contribution is -2.06. The summed E-state index contributed by atoms with van der Waals surface area (Å²) in [5, 5.41) is 11.3. The van der Waals surface area contributed by atoms with E-state index in [4.69, 9.17) is 0 Å². The first-order valence-electron chi connectivity index (χ1n) is 9.07. The standard InChI is InChI=1S/C22H21FN2O2/c1-13(2)22-17(7-8-21(26)27)18-12-19-14(9-10-24-19)11-20(18)25(22)16-5-3-15(23)4-6-16/h3-6,9-13,24H,7-8H2,1-2H3,(H,26,27). The molecule has 4 nitrogen and oxygen atoms in total. The number of carbonyl (C=O) groups is 1. The van der Waals surface area contributed by atoms with Crippen molar-refractivity contribution < 1.29 is 14.3 Å². The van der Waals surface area contributed by atoms with Crippen molar-refractivity contribution in [1.82, 2.24) is 9.55 Å². The van der Waals surface area contributed by atoms with E-state index in [-0.39, 0.29) is 18.2 Å². The van der Waals surface area contributed by atoms with E-state index in [2.05, 4.69) is 35.5 Å². The second-order valence-corrected chi connectivity index (χ2v) is 7.16. The molecule has 0 aliphatic heterocycles. The molecule has 0 aliphatic rings. The number of hydrogen-bond donors (Lipinski definition) is 2. The van der Waals surface area contributed by atoms with Gasteiger partial charge in [-0.05, 0) is 60.4 Å². The van der Waals surface area contributed by atoms with Gasteiger partial charge >= 0.3 is 5.97 Å². The quantitative estimate of drug-likeness (QED) is 0.499. The van der Waals surface area contributed by atoms with Crippen molar-refractivity contribution in [2.24, 2.45) is 0 Å². The molecule has 0 aliphatic carbocycles. The SMILES string of the molecule is CC(C)c1c(CCC(=O)O)c2cc3[nH]ccc3cc2n1-c1ccc(F)cc1. The number of aromatic nitrogens is 2. The van der Waals surface area contributed by atoms with Crippen LogP contribution >= 0.6 is 0 Å². The lowest BCUT2D eigenvalue weighted by molar-refractivity contribution is -0.136. The van der Waals surface area contributed by atoms with Crippen LogP contribution < -0.4 is 0 Å². The van der Waals surface area contributed by atoms with E-state index >= 15 is 0 Å². The molecule has 27 heavy (non-hydrogen) atoms. The molecule has 0 unspecified atom stereocenters. The second kappa shape index (κ2) is 6.58. The molecule has 5 heteroatoms. The summed E-state index contributed by atoms with van der Waals surface area (Å²) in [7, 11) is 0. The maximum absolute atomic E-state index is 13.5. The van der Waals surface area contributed by atoms with Gasteiger partial charge in [-0.3, -0.25) is 4.79 Å². The zero-order valence-electron chi connectivity index (χ0n) is 15.3. The van der Waals surface area contributed by atoms with Gasteiger partial charge in [-0.25, -0.2) is 4.39 Å². The number of halogens is 1. The van der Waals surface area contributed by atoms with Gasteiger partial charge in [-0.2, -0.15) is 0 Å². The summed E-state index contributed by atoms with van der Waals surface area (Å²) in [5.41, 5.74) is 5.03. The Labute approximate surface area is 156 Å². The average Bonchev–Trinajstić information content (AvgIpc) is 3.20. The lowest BCUT2D eigenvalue weighted by Gasteiger charge is -2.15. The van der Waals surface area contributed by atoms with E-state index in [9.17, 15) is 14.3 Å². The van der Waals surface area contributed by atoms with Crippen LogP contribution in [0.15, 0.2) is 48.7 Å². The number of aryl methyl sites for hydroxylation is 1. The summed E-state index contributed by atoms with van der Waals surface area (Å²) >= 11 is 0. The molecule has 4 aromatic rings. The van der Waals surface area contributed by atoms with Crippen LogP contribution in [-0.2, 0) is 11.2 Å². The highest BCUT2D eigenvalue weighted by molar-refractivity contribution is 5.99. The van der Waals surface area contributed by atoms with Crippen LogP contribution in [0, 0.1) is 5.82 Å². The van der Waals surface area contributed by atoms with Gasteiger partial charge in [-0.15, -0.1) is 0 Å². The van der Waals surface area contributed by atoms with Gasteiger partial charge in [0.1, 0.15) is 5.82 Å². The second-order valence-electron chi connectivity index (χ2n) is 7.16. The first kappa shape index (κ1) is 17.3. The summed E-state index contributed by atoms with van der Waals surface area (Å²) in [6, 6.07) is 12.7. The predicted octanol–water partition coefficient (Wildman–Crippen LogP) is 5.39. The molecular formula is C22H21FN2O2. The minimum atomic E-state index is -0.812. The number of carboxylic acids is 1. The molecule has 2 heterocycles. The third kappa shape index (κ3) is 2.99. The zero-order valence-corrected chi connectivity index (χ0v) is 15.3. The van der Waals surface area contributed by atoms with Crippen LogP contribution in [-0.4, -0.2) is 20.6 Å². The molecule has 0 spiro atoms. The first-order valence-corrected chi connectivity index (χ1v) is 9.07. The van der Waals surface area contributed by atoms with E-state index < -0.39 is 5.97 Å². The minimum Gasteiger partial charge on any atom is -0.481 e. The highest BCUT2D eigenvalue weighted by atomic mass is 19.1. The van der Waals surface area contributed by atoms with Crippen LogP contribution in [0.2, 0.25) is 0 Å². The van der Waals surface area contributed by atoms with Gasteiger partial charge in [0.2, 0.25) is 0 Å². The first-order chi connectivity index (χ1) is 13.0. The van der Waals surface area contributed by atoms with Crippen molar-refractivity contribution in [2.45, 2.75) is 32.6 Å². The van der Waals surface area contributed by atoms with Gasteiger partial charge in [-0.1, -0.05) is 13.8 Å². The summed E-state index contributed by atoms with van der Waals surface area (Å²) < 4.78 is 15.6. The molecule has 138 valence electrons. The van der Waals surface area contributed by atoms with Gasteiger partial charge in [0.05, 0.1) is 5.52 Å². The van der Waals surface area contributed by atoms with E-state index in [0.717, 1.165) is 38.8 Å². The summed E-state index contributed by atoms with van der Waals surface area (Å²) in [6.07, 6.45) is 2.43. The number of fused-ring (bicyclic) bond motifs is 2. The molecular weight excluding hydrogens is 343 g/mol. The average molecular weight is 364 g/mol. The molecule has 0 bridgehead atoms. The molecule has 2 aromatic heterocycles. The van der Waals surface area contributed by atoms with Crippen molar-refractivity contribution in [1.29, 1.82) is 0 Å². The van der Waals surface area contributed by atoms with Crippen molar-refractivity contribution in [2.75, 3.05) is 0 Å². The van der Waals surface area contributed by atoms with Gasteiger partial charge in [0, 0.05) is 40.3 Å². The topological polar surface area (TPSA) is 58.0 Å². The number of aromatic amines is 1. The Bertz CT molecular complexity index is 1140. The monoisotopic (exact) mass is 364 g/mol. The number of hydrogen-bond acceptors (Lipinski definition) is 1. The molecule has 0 amide bonds. The number of nitrogens with one attached hydrogen (secondary N) is 1. The highest BCUT2D eigenvalue weighted by Crippen LogP contribution is 2.37. The van der Waals surface area contributed by atoms with E-state index in [1.165, 1.54) is 12.1 Å². The maximum Gasteiger partial charge on any atom is 0.303 e. The molecule has 0 saturated heterocycles. The molecule has 0 fully saturated rings. The zero-order chi connectivity index (χ0) is 19.1. The van der Waals surface area contributed by atoms with Crippen molar-refractivity contribution in [3.05, 3.63) is 65.7 Å². The Hall–Kier alpha value is -3.08. The largest absolute Gasteiger partial charge is 0.481 e. The number of rotatable bonds is 5. The third-order valence-electron chi connectivity index (χ3n) is 5.01. The van der Waals surface area contributed by atoms with Crippen LogP contribution in [0.1, 0.15) is 37.4 Å². The van der Waals surface area contributed by atoms with Crippen LogP contribution in [0.4, 0.5) is 4.39 Å².